The molecule has 8 aromatic rings. The lowest BCUT2D eigenvalue weighted by Gasteiger charge is -2.28. The summed E-state index contributed by atoms with van der Waals surface area (Å²) >= 11 is 0. The summed E-state index contributed by atoms with van der Waals surface area (Å²) in [5.74, 6) is 0. The van der Waals surface area contributed by atoms with Gasteiger partial charge in [-0.15, -0.1) is 0 Å². The monoisotopic (exact) mass is 524 g/mol. The zero-order valence-corrected chi connectivity index (χ0v) is 22.1. The maximum atomic E-state index is 5.02. The Hall–Kier alpha value is -5.61. The summed E-state index contributed by atoms with van der Waals surface area (Å²) in [7, 11) is 0. The molecule has 3 heterocycles. The molecule has 0 saturated carbocycles. The van der Waals surface area contributed by atoms with Gasteiger partial charge in [-0.05, 0) is 59.0 Å². The van der Waals surface area contributed by atoms with Crippen LogP contribution in [0.2, 0.25) is 0 Å². The number of anilines is 3. The van der Waals surface area contributed by atoms with E-state index >= 15 is 0 Å². The first kappa shape index (κ1) is 23.3. The molecule has 8 rings (SSSR count). The number of pyridine rings is 3. The minimum Gasteiger partial charge on any atom is -0.306 e. The Labute approximate surface area is 237 Å². The van der Waals surface area contributed by atoms with Crippen LogP contribution < -0.4 is 4.90 Å². The number of hydrogen-bond acceptors (Lipinski definition) is 4. The molecule has 0 unspecified atom stereocenters. The smallest absolute Gasteiger partial charge is 0.0955 e. The van der Waals surface area contributed by atoms with Gasteiger partial charge in [0.05, 0.1) is 34.1 Å². The van der Waals surface area contributed by atoms with E-state index in [-0.39, 0.29) is 0 Å². The molecule has 0 atom stereocenters. The van der Waals surface area contributed by atoms with E-state index in [0.29, 0.717) is 0 Å². The van der Waals surface area contributed by atoms with Crippen molar-refractivity contribution in [3.05, 3.63) is 146 Å². The average Bonchev–Trinajstić information content (AvgIpc) is 3.04. The quantitative estimate of drug-likeness (QED) is 0.215. The molecule has 0 aliphatic carbocycles. The molecule has 5 aromatic carbocycles. The normalized spacial score (nSPS) is 11.4. The van der Waals surface area contributed by atoms with Gasteiger partial charge in [0.15, 0.2) is 0 Å². The summed E-state index contributed by atoms with van der Waals surface area (Å²) in [6.07, 6.45) is 5.66. The van der Waals surface area contributed by atoms with E-state index in [4.69, 9.17) is 9.97 Å². The zero-order valence-electron chi connectivity index (χ0n) is 22.1. The lowest BCUT2D eigenvalue weighted by molar-refractivity contribution is 1.26. The Morgan fingerprint density at radius 1 is 0.463 bits per heavy atom. The molecular weight excluding hydrogens is 500 g/mol. The van der Waals surface area contributed by atoms with Crippen LogP contribution in [0, 0.1) is 0 Å². The molecular formula is C37H24N4. The number of benzene rings is 5. The minimum atomic E-state index is 0.917. The third kappa shape index (κ3) is 3.88. The second kappa shape index (κ2) is 9.54. The van der Waals surface area contributed by atoms with E-state index in [9.17, 15) is 0 Å². The molecule has 41 heavy (non-hydrogen) atoms. The van der Waals surface area contributed by atoms with Crippen LogP contribution in [0.4, 0.5) is 17.1 Å². The van der Waals surface area contributed by atoms with Gasteiger partial charge in [0, 0.05) is 39.6 Å². The average molecular weight is 525 g/mol. The van der Waals surface area contributed by atoms with E-state index in [1.165, 1.54) is 16.5 Å². The number of fused-ring (bicyclic) bond motifs is 4. The molecule has 3 aromatic heterocycles. The Balaban J connectivity index is 1.47. The SMILES string of the molecule is c1ccc(-c2c3ccccc3c(N(c3ccccc3)c3cnc4cc5ncccc5cc4c3)c3ncccc23)cc1. The second-order valence-corrected chi connectivity index (χ2v) is 10.1. The predicted octanol–water partition coefficient (Wildman–Crippen LogP) is 9.62. The molecule has 0 aliphatic heterocycles. The van der Waals surface area contributed by atoms with Crippen LogP contribution in [0.1, 0.15) is 0 Å². The van der Waals surface area contributed by atoms with Crippen LogP contribution in [-0.2, 0) is 0 Å². The fourth-order valence-electron chi connectivity index (χ4n) is 5.91. The highest BCUT2D eigenvalue weighted by Crippen LogP contribution is 2.47. The molecule has 0 spiro atoms. The van der Waals surface area contributed by atoms with Crippen molar-refractivity contribution in [3.63, 3.8) is 0 Å². The Kier molecular flexibility index (Phi) is 5.42. The largest absolute Gasteiger partial charge is 0.306 e. The highest BCUT2D eigenvalue weighted by molar-refractivity contribution is 6.21. The fourth-order valence-corrected chi connectivity index (χ4v) is 5.91. The van der Waals surface area contributed by atoms with Crippen LogP contribution in [0.25, 0.3) is 54.6 Å². The molecule has 0 saturated heterocycles. The van der Waals surface area contributed by atoms with Crippen molar-refractivity contribution in [2.75, 3.05) is 4.90 Å². The summed E-state index contributed by atoms with van der Waals surface area (Å²) in [5, 5.41) is 5.57. The summed E-state index contributed by atoms with van der Waals surface area (Å²) in [4.78, 5) is 16.8. The number of para-hydroxylation sites is 1. The first-order valence-electron chi connectivity index (χ1n) is 13.7. The van der Waals surface area contributed by atoms with Gasteiger partial charge in [-0.3, -0.25) is 15.0 Å². The van der Waals surface area contributed by atoms with E-state index < -0.39 is 0 Å². The van der Waals surface area contributed by atoms with E-state index in [1.54, 1.807) is 0 Å². The van der Waals surface area contributed by atoms with Crippen LogP contribution in [-0.4, -0.2) is 15.0 Å². The van der Waals surface area contributed by atoms with Gasteiger partial charge in [-0.2, -0.15) is 0 Å². The van der Waals surface area contributed by atoms with Crippen molar-refractivity contribution >= 4 is 60.5 Å². The third-order valence-electron chi connectivity index (χ3n) is 7.70. The van der Waals surface area contributed by atoms with Gasteiger partial charge in [-0.1, -0.05) is 84.9 Å². The Morgan fingerprint density at radius 3 is 2.00 bits per heavy atom. The van der Waals surface area contributed by atoms with Crippen molar-refractivity contribution in [3.8, 4) is 11.1 Å². The predicted molar refractivity (Wildman–Crippen MR) is 170 cm³/mol. The molecule has 0 aliphatic rings. The van der Waals surface area contributed by atoms with E-state index in [0.717, 1.165) is 55.2 Å². The minimum absolute atomic E-state index is 0.917. The van der Waals surface area contributed by atoms with Gasteiger partial charge >= 0.3 is 0 Å². The standard InChI is InChI=1S/C37H24N4/c1-3-11-25(12-4-1)35-30-16-7-8-17-31(30)37(36-32(35)18-10-20-39-36)41(28-14-5-2-6-15-28)29-22-27-21-26-13-9-19-38-33(26)23-34(27)40-24-29/h1-24H. The highest BCUT2D eigenvalue weighted by atomic mass is 15.2. The molecule has 0 fully saturated rings. The van der Waals surface area contributed by atoms with E-state index in [1.807, 2.05) is 36.8 Å². The van der Waals surface area contributed by atoms with Gasteiger partial charge in [-0.25, -0.2) is 0 Å². The van der Waals surface area contributed by atoms with Crippen molar-refractivity contribution in [2.45, 2.75) is 0 Å². The highest BCUT2D eigenvalue weighted by Gasteiger charge is 2.23. The first-order valence-corrected chi connectivity index (χ1v) is 13.7. The van der Waals surface area contributed by atoms with Gasteiger partial charge in [0.1, 0.15) is 0 Å². The van der Waals surface area contributed by atoms with Crippen molar-refractivity contribution < 1.29 is 0 Å². The lowest BCUT2D eigenvalue weighted by Crippen LogP contribution is -2.12. The number of hydrogen-bond donors (Lipinski definition) is 0. The summed E-state index contributed by atoms with van der Waals surface area (Å²) in [6.45, 7) is 0. The second-order valence-electron chi connectivity index (χ2n) is 10.1. The zero-order chi connectivity index (χ0) is 27.2. The molecule has 4 heteroatoms. The molecule has 4 nitrogen and oxygen atoms in total. The molecule has 0 bridgehead atoms. The van der Waals surface area contributed by atoms with Gasteiger partial charge in [0.2, 0.25) is 0 Å². The Bertz CT molecular complexity index is 2150. The Morgan fingerprint density at radius 2 is 1.15 bits per heavy atom. The van der Waals surface area contributed by atoms with E-state index in [2.05, 4.69) is 119 Å². The summed E-state index contributed by atoms with van der Waals surface area (Å²) in [5.41, 5.74) is 8.21. The van der Waals surface area contributed by atoms with Gasteiger partial charge in [0.25, 0.3) is 0 Å². The maximum Gasteiger partial charge on any atom is 0.0955 e. The molecule has 0 radical (unpaired) electrons. The van der Waals surface area contributed by atoms with Crippen LogP contribution in [0.15, 0.2) is 146 Å². The number of rotatable bonds is 4. The number of aromatic nitrogens is 3. The fraction of sp³-hybridized carbons (Fsp3) is 0. The molecule has 0 amide bonds. The van der Waals surface area contributed by atoms with Crippen molar-refractivity contribution in [1.82, 2.24) is 15.0 Å². The van der Waals surface area contributed by atoms with Crippen LogP contribution >= 0.6 is 0 Å². The lowest BCUT2D eigenvalue weighted by atomic mass is 9.92. The maximum absolute atomic E-state index is 5.02. The molecule has 0 N–H and O–H groups in total. The first-order chi connectivity index (χ1) is 20.3. The molecule has 192 valence electrons. The van der Waals surface area contributed by atoms with Gasteiger partial charge < -0.3 is 4.90 Å². The topological polar surface area (TPSA) is 41.9 Å². The number of nitrogens with zero attached hydrogens (tertiary/aromatic N) is 4. The van der Waals surface area contributed by atoms with Crippen LogP contribution in [0.3, 0.4) is 0 Å². The van der Waals surface area contributed by atoms with Crippen molar-refractivity contribution in [2.24, 2.45) is 0 Å². The summed E-state index contributed by atoms with van der Waals surface area (Å²) < 4.78 is 0. The third-order valence-corrected chi connectivity index (χ3v) is 7.70. The van der Waals surface area contributed by atoms with Crippen LogP contribution in [0.5, 0.6) is 0 Å². The summed E-state index contributed by atoms with van der Waals surface area (Å²) in [6, 6.07) is 44.4. The van der Waals surface area contributed by atoms with Crippen molar-refractivity contribution in [1.29, 1.82) is 0 Å².